The van der Waals surface area contributed by atoms with E-state index in [4.69, 9.17) is 0 Å². The van der Waals surface area contributed by atoms with Gasteiger partial charge in [0.05, 0.1) is 22.5 Å². The van der Waals surface area contributed by atoms with Crippen molar-refractivity contribution in [2.45, 2.75) is 18.8 Å². The Morgan fingerprint density at radius 3 is 1.79 bits per heavy atom. The highest BCUT2D eigenvalue weighted by atomic mass is 19.4. The van der Waals surface area contributed by atoms with Gasteiger partial charge >= 0.3 is 12.4 Å². The first-order valence-electron chi connectivity index (χ1n) is 8.39. The highest BCUT2D eigenvalue weighted by Gasteiger charge is 2.30. The normalized spacial score (nSPS) is 13.4. The molecule has 0 saturated carbocycles. The van der Waals surface area contributed by atoms with Crippen molar-refractivity contribution < 1.29 is 26.3 Å². The SMILES string of the molecule is FC(F)(F)c1cccc(N=CC=CC=CCC=Nc2cccc(C(F)(F)F)c2)c1. The Labute approximate surface area is 163 Å². The third-order valence-corrected chi connectivity index (χ3v) is 3.50. The Balaban J connectivity index is 1.83. The van der Waals surface area contributed by atoms with E-state index in [9.17, 15) is 26.3 Å². The molecule has 0 aromatic heterocycles. The van der Waals surface area contributed by atoms with Gasteiger partial charge in [-0.05, 0) is 42.5 Å². The molecular weight excluding hydrogens is 394 g/mol. The molecule has 0 amide bonds. The summed E-state index contributed by atoms with van der Waals surface area (Å²) in [6.07, 6.45) is 0.933. The standard InChI is InChI=1S/C21H16F6N2/c22-20(23,24)16-8-6-10-18(14-16)28-12-4-2-1-3-5-13-29-19-11-7-9-17(15-19)21(25,26)27/h1-4,6-15H,5H2. The lowest BCUT2D eigenvalue weighted by Gasteiger charge is -2.06. The zero-order valence-electron chi connectivity index (χ0n) is 15.0. The number of aliphatic imine (C=N–C) groups is 2. The summed E-state index contributed by atoms with van der Waals surface area (Å²) in [5.74, 6) is 0. The summed E-state index contributed by atoms with van der Waals surface area (Å²) in [6, 6.07) is 9.36. The molecule has 0 fully saturated rings. The van der Waals surface area contributed by atoms with Crippen LogP contribution in [0.25, 0.3) is 0 Å². The Morgan fingerprint density at radius 2 is 1.24 bits per heavy atom. The number of nitrogens with zero attached hydrogens (tertiary/aromatic N) is 2. The molecule has 0 atom stereocenters. The summed E-state index contributed by atoms with van der Waals surface area (Å²) >= 11 is 0. The molecule has 0 radical (unpaired) electrons. The minimum absolute atomic E-state index is 0.182. The third kappa shape index (κ3) is 7.77. The van der Waals surface area contributed by atoms with Crippen molar-refractivity contribution in [2.24, 2.45) is 9.98 Å². The van der Waals surface area contributed by atoms with E-state index < -0.39 is 23.5 Å². The van der Waals surface area contributed by atoms with Crippen molar-refractivity contribution in [3.63, 3.8) is 0 Å². The maximum Gasteiger partial charge on any atom is 0.416 e. The van der Waals surface area contributed by atoms with Crippen molar-refractivity contribution in [1.82, 2.24) is 0 Å². The molecule has 0 N–H and O–H groups in total. The van der Waals surface area contributed by atoms with E-state index in [0.717, 1.165) is 24.3 Å². The molecule has 0 aliphatic carbocycles. The van der Waals surface area contributed by atoms with Crippen molar-refractivity contribution in [3.05, 3.63) is 84.0 Å². The maximum absolute atomic E-state index is 12.6. The minimum Gasteiger partial charge on any atom is -0.261 e. The van der Waals surface area contributed by atoms with Crippen LogP contribution < -0.4 is 0 Å². The first-order valence-corrected chi connectivity index (χ1v) is 8.39. The average Bonchev–Trinajstić information content (AvgIpc) is 2.66. The monoisotopic (exact) mass is 410 g/mol. The van der Waals surface area contributed by atoms with Gasteiger partial charge in [0, 0.05) is 18.9 Å². The summed E-state index contributed by atoms with van der Waals surface area (Å²) in [6.45, 7) is 0. The summed E-state index contributed by atoms with van der Waals surface area (Å²) in [4.78, 5) is 7.88. The number of benzene rings is 2. The van der Waals surface area contributed by atoms with Gasteiger partial charge in [0.2, 0.25) is 0 Å². The van der Waals surface area contributed by atoms with Crippen molar-refractivity contribution in [2.75, 3.05) is 0 Å². The highest BCUT2D eigenvalue weighted by Crippen LogP contribution is 2.32. The number of rotatable bonds is 6. The molecule has 2 aromatic carbocycles. The molecule has 0 aliphatic rings. The van der Waals surface area contributed by atoms with Crippen LogP contribution in [0.15, 0.2) is 82.8 Å². The van der Waals surface area contributed by atoms with E-state index in [1.807, 2.05) is 0 Å². The van der Waals surface area contributed by atoms with Crippen LogP contribution >= 0.6 is 0 Å². The lowest BCUT2D eigenvalue weighted by atomic mass is 10.2. The Hall–Kier alpha value is -3.16. The Kier molecular flexibility index (Phi) is 7.52. The summed E-state index contributed by atoms with van der Waals surface area (Å²) in [5.41, 5.74) is -1.14. The molecule has 2 aromatic rings. The number of hydrogen-bond acceptors (Lipinski definition) is 2. The smallest absolute Gasteiger partial charge is 0.261 e. The Bertz CT molecular complexity index is 921. The average molecular weight is 410 g/mol. The first kappa shape index (κ1) is 22.1. The maximum atomic E-state index is 12.6. The number of alkyl halides is 6. The van der Waals surface area contributed by atoms with E-state index in [1.165, 1.54) is 36.7 Å². The zero-order valence-corrected chi connectivity index (χ0v) is 15.0. The number of halogens is 6. The predicted octanol–water partition coefficient (Wildman–Crippen LogP) is 7.33. The van der Waals surface area contributed by atoms with Gasteiger partial charge in [0.1, 0.15) is 0 Å². The van der Waals surface area contributed by atoms with E-state index in [-0.39, 0.29) is 11.4 Å². The van der Waals surface area contributed by atoms with Crippen LogP contribution in [0, 0.1) is 0 Å². The lowest BCUT2D eigenvalue weighted by Crippen LogP contribution is -2.03. The predicted molar refractivity (Wildman–Crippen MR) is 102 cm³/mol. The van der Waals surface area contributed by atoms with Crippen LogP contribution in [-0.4, -0.2) is 12.4 Å². The number of hydrogen-bond donors (Lipinski definition) is 0. The molecular formula is C21H16F6N2. The van der Waals surface area contributed by atoms with Gasteiger partial charge < -0.3 is 0 Å². The quantitative estimate of drug-likeness (QED) is 0.271. The van der Waals surface area contributed by atoms with Crippen LogP contribution in [0.1, 0.15) is 17.5 Å². The molecule has 8 heteroatoms. The van der Waals surface area contributed by atoms with Crippen LogP contribution in [0.3, 0.4) is 0 Å². The van der Waals surface area contributed by atoms with Crippen LogP contribution in [0.4, 0.5) is 37.7 Å². The second-order valence-corrected chi connectivity index (χ2v) is 5.73. The topological polar surface area (TPSA) is 24.7 Å². The molecule has 0 saturated heterocycles. The van der Waals surface area contributed by atoms with Gasteiger partial charge in [-0.1, -0.05) is 30.4 Å². The molecule has 0 aliphatic heterocycles. The second kappa shape index (κ2) is 9.86. The summed E-state index contributed by atoms with van der Waals surface area (Å²) in [7, 11) is 0. The largest absolute Gasteiger partial charge is 0.416 e. The molecule has 0 heterocycles. The van der Waals surface area contributed by atoms with Gasteiger partial charge in [0.15, 0.2) is 0 Å². The van der Waals surface area contributed by atoms with Gasteiger partial charge in [0.25, 0.3) is 0 Å². The fourth-order valence-electron chi connectivity index (χ4n) is 2.14. The molecule has 0 bridgehead atoms. The Morgan fingerprint density at radius 1 is 0.690 bits per heavy atom. The van der Waals surface area contributed by atoms with Gasteiger partial charge in [-0.15, -0.1) is 0 Å². The zero-order chi connectivity index (χ0) is 21.3. The summed E-state index contributed by atoms with van der Waals surface area (Å²) < 4.78 is 75.6. The molecule has 2 nitrogen and oxygen atoms in total. The van der Waals surface area contributed by atoms with Crippen LogP contribution in [0.2, 0.25) is 0 Å². The van der Waals surface area contributed by atoms with Crippen molar-refractivity contribution in [3.8, 4) is 0 Å². The van der Waals surface area contributed by atoms with E-state index in [1.54, 1.807) is 24.3 Å². The molecule has 2 rings (SSSR count). The lowest BCUT2D eigenvalue weighted by molar-refractivity contribution is -0.138. The molecule has 0 unspecified atom stereocenters. The van der Waals surface area contributed by atoms with E-state index in [2.05, 4.69) is 9.98 Å². The number of allylic oxidation sites excluding steroid dienone is 4. The van der Waals surface area contributed by atoms with E-state index >= 15 is 0 Å². The minimum atomic E-state index is -4.42. The fraction of sp³-hybridized carbons (Fsp3) is 0.143. The third-order valence-electron chi connectivity index (χ3n) is 3.50. The highest BCUT2D eigenvalue weighted by molar-refractivity contribution is 5.75. The van der Waals surface area contributed by atoms with Crippen molar-refractivity contribution in [1.29, 1.82) is 0 Å². The summed E-state index contributed by atoms with van der Waals surface area (Å²) in [5, 5.41) is 0. The fourth-order valence-corrected chi connectivity index (χ4v) is 2.14. The molecule has 29 heavy (non-hydrogen) atoms. The van der Waals surface area contributed by atoms with Gasteiger partial charge in [-0.3, -0.25) is 9.98 Å². The van der Waals surface area contributed by atoms with Gasteiger partial charge in [-0.25, -0.2) is 0 Å². The molecule has 152 valence electrons. The molecule has 0 spiro atoms. The van der Waals surface area contributed by atoms with Crippen LogP contribution in [-0.2, 0) is 12.4 Å². The van der Waals surface area contributed by atoms with Crippen LogP contribution in [0.5, 0.6) is 0 Å². The van der Waals surface area contributed by atoms with E-state index in [0.29, 0.717) is 6.42 Å². The first-order chi connectivity index (χ1) is 13.7. The second-order valence-electron chi connectivity index (χ2n) is 5.73. The van der Waals surface area contributed by atoms with Crippen molar-refractivity contribution >= 4 is 23.8 Å². The van der Waals surface area contributed by atoms with Gasteiger partial charge in [-0.2, -0.15) is 26.3 Å².